The van der Waals surface area contributed by atoms with Gasteiger partial charge in [0.2, 0.25) is 0 Å². The Bertz CT molecular complexity index is 59.6. The van der Waals surface area contributed by atoms with Gasteiger partial charge in [0.25, 0.3) is 0 Å². The molecule has 0 heterocycles. The Morgan fingerprint density at radius 1 is 1.33 bits per heavy atom. The number of alkyl halides is 1. The quantitative estimate of drug-likeness (QED) is 0.598. The van der Waals surface area contributed by atoms with Crippen LogP contribution >= 0.6 is 15.9 Å². The van der Waals surface area contributed by atoms with Gasteiger partial charge in [0.1, 0.15) is 0 Å². The minimum atomic E-state index is 0.752. The second-order valence-corrected chi connectivity index (χ2v) is 4.31. The van der Waals surface area contributed by atoms with E-state index in [9.17, 15) is 0 Å². The summed E-state index contributed by atoms with van der Waals surface area (Å²) in [6.45, 7) is 6.77. The predicted molar refractivity (Wildman–Crippen MR) is 47.1 cm³/mol. The van der Waals surface area contributed by atoms with Crippen molar-refractivity contribution in [2.75, 3.05) is 0 Å². The van der Waals surface area contributed by atoms with E-state index in [1.165, 1.54) is 19.3 Å². The van der Waals surface area contributed by atoms with Crippen LogP contribution in [0.2, 0.25) is 0 Å². The lowest BCUT2D eigenvalue weighted by atomic mass is 10.1. The molecule has 0 fully saturated rings. The first-order valence-corrected chi connectivity index (χ1v) is 4.72. The van der Waals surface area contributed by atoms with E-state index >= 15 is 0 Å². The SMILES string of the molecule is CCCC(Br)CC(C)C. The highest BCUT2D eigenvalue weighted by Crippen LogP contribution is 2.16. The molecule has 0 spiro atoms. The number of halogens is 1. The minimum Gasteiger partial charge on any atom is -0.0891 e. The van der Waals surface area contributed by atoms with Crippen LogP contribution in [0.3, 0.4) is 0 Å². The third kappa shape index (κ3) is 6.36. The number of hydrogen-bond acceptors (Lipinski definition) is 0. The Balaban J connectivity index is 3.15. The van der Waals surface area contributed by atoms with Gasteiger partial charge in [-0.25, -0.2) is 0 Å². The monoisotopic (exact) mass is 192 g/mol. The number of hydrogen-bond donors (Lipinski definition) is 0. The number of rotatable bonds is 4. The zero-order valence-corrected chi connectivity index (χ0v) is 8.24. The lowest BCUT2D eigenvalue weighted by Gasteiger charge is -2.09. The van der Waals surface area contributed by atoms with Gasteiger partial charge in [0.05, 0.1) is 0 Å². The van der Waals surface area contributed by atoms with Crippen LogP contribution in [-0.2, 0) is 0 Å². The Labute approximate surface area is 67.2 Å². The zero-order chi connectivity index (χ0) is 7.28. The molecule has 0 aliphatic rings. The van der Waals surface area contributed by atoms with E-state index in [1.54, 1.807) is 0 Å². The summed E-state index contributed by atoms with van der Waals surface area (Å²) < 4.78 is 0. The molecule has 9 heavy (non-hydrogen) atoms. The lowest BCUT2D eigenvalue weighted by molar-refractivity contribution is 0.551. The second kappa shape index (κ2) is 5.28. The van der Waals surface area contributed by atoms with Crippen LogP contribution in [0.25, 0.3) is 0 Å². The van der Waals surface area contributed by atoms with Crippen molar-refractivity contribution in [3.05, 3.63) is 0 Å². The fourth-order valence-electron chi connectivity index (χ4n) is 0.943. The molecular formula is C8H17Br. The second-order valence-electron chi connectivity index (χ2n) is 3.02. The first-order chi connectivity index (χ1) is 4.16. The minimum absolute atomic E-state index is 0.752. The normalized spacial score (nSPS) is 14.3. The van der Waals surface area contributed by atoms with Gasteiger partial charge in [-0.2, -0.15) is 0 Å². The molecule has 0 saturated heterocycles. The van der Waals surface area contributed by atoms with Gasteiger partial charge in [0, 0.05) is 4.83 Å². The molecule has 0 aliphatic carbocycles. The van der Waals surface area contributed by atoms with Crippen molar-refractivity contribution in [3.63, 3.8) is 0 Å². The molecule has 0 saturated carbocycles. The van der Waals surface area contributed by atoms with E-state index in [1.807, 2.05) is 0 Å². The van der Waals surface area contributed by atoms with E-state index in [0.29, 0.717) is 0 Å². The van der Waals surface area contributed by atoms with Gasteiger partial charge >= 0.3 is 0 Å². The fourth-order valence-corrected chi connectivity index (χ4v) is 2.15. The van der Waals surface area contributed by atoms with Crippen LogP contribution in [0.1, 0.15) is 40.0 Å². The largest absolute Gasteiger partial charge is 0.0891 e. The van der Waals surface area contributed by atoms with Crippen LogP contribution in [0.4, 0.5) is 0 Å². The van der Waals surface area contributed by atoms with Gasteiger partial charge in [-0.15, -0.1) is 0 Å². The fraction of sp³-hybridized carbons (Fsp3) is 1.00. The summed E-state index contributed by atoms with van der Waals surface area (Å²) in [5, 5.41) is 0. The van der Waals surface area contributed by atoms with Crippen LogP contribution in [0.5, 0.6) is 0 Å². The first-order valence-electron chi connectivity index (χ1n) is 3.80. The Morgan fingerprint density at radius 2 is 1.89 bits per heavy atom. The maximum Gasteiger partial charge on any atom is 0.0148 e. The molecule has 0 amide bonds. The van der Waals surface area contributed by atoms with Gasteiger partial charge in [0.15, 0.2) is 0 Å². The Hall–Kier alpha value is 0.480. The van der Waals surface area contributed by atoms with Crippen LogP contribution in [0.15, 0.2) is 0 Å². The highest BCUT2D eigenvalue weighted by atomic mass is 79.9. The molecule has 0 aliphatic heterocycles. The smallest absolute Gasteiger partial charge is 0.0148 e. The van der Waals surface area contributed by atoms with Crippen molar-refractivity contribution < 1.29 is 0 Å². The van der Waals surface area contributed by atoms with Gasteiger partial charge in [-0.05, 0) is 18.8 Å². The third-order valence-electron chi connectivity index (χ3n) is 1.33. The highest BCUT2D eigenvalue weighted by Gasteiger charge is 2.03. The van der Waals surface area contributed by atoms with E-state index in [-0.39, 0.29) is 0 Å². The summed E-state index contributed by atoms with van der Waals surface area (Å²) in [5.74, 6) is 0.834. The zero-order valence-electron chi connectivity index (χ0n) is 6.65. The highest BCUT2D eigenvalue weighted by molar-refractivity contribution is 9.09. The van der Waals surface area contributed by atoms with Gasteiger partial charge in [-0.3, -0.25) is 0 Å². The molecule has 0 radical (unpaired) electrons. The van der Waals surface area contributed by atoms with Crippen molar-refractivity contribution >= 4 is 15.9 Å². The predicted octanol–water partition coefficient (Wildman–Crippen LogP) is 3.60. The summed E-state index contributed by atoms with van der Waals surface area (Å²) in [5.41, 5.74) is 0. The molecule has 0 N–H and O–H groups in total. The molecule has 1 heteroatoms. The van der Waals surface area contributed by atoms with Crippen molar-refractivity contribution in [2.45, 2.75) is 44.9 Å². The van der Waals surface area contributed by atoms with Gasteiger partial charge < -0.3 is 0 Å². The van der Waals surface area contributed by atoms with Crippen LogP contribution < -0.4 is 0 Å². The summed E-state index contributed by atoms with van der Waals surface area (Å²) in [4.78, 5) is 0.752. The van der Waals surface area contributed by atoms with E-state index < -0.39 is 0 Å². The Kier molecular flexibility index (Phi) is 5.56. The molecule has 0 rings (SSSR count). The van der Waals surface area contributed by atoms with E-state index in [4.69, 9.17) is 0 Å². The molecule has 56 valence electrons. The molecule has 0 aromatic carbocycles. The molecule has 1 atom stereocenters. The van der Waals surface area contributed by atoms with Crippen LogP contribution in [0, 0.1) is 5.92 Å². The molecule has 0 nitrogen and oxygen atoms in total. The van der Waals surface area contributed by atoms with E-state index in [0.717, 1.165) is 10.7 Å². The average Bonchev–Trinajstić information content (AvgIpc) is 1.63. The van der Waals surface area contributed by atoms with Crippen molar-refractivity contribution in [2.24, 2.45) is 5.92 Å². The van der Waals surface area contributed by atoms with E-state index in [2.05, 4.69) is 36.7 Å². The van der Waals surface area contributed by atoms with Crippen molar-refractivity contribution in [1.29, 1.82) is 0 Å². The molecule has 0 aromatic rings. The molecule has 0 aromatic heterocycles. The van der Waals surface area contributed by atoms with Crippen LogP contribution in [-0.4, -0.2) is 4.83 Å². The molecule has 1 unspecified atom stereocenters. The summed E-state index contributed by atoms with van der Waals surface area (Å²) >= 11 is 3.64. The maximum absolute atomic E-state index is 3.64. The van der Waals surface area contributed by atoms with Crippen molar-refractivity contribution in [1.82, 2.24) is 0 Å². The Morgan fingerprint density at radius 3 is 2.22 bits per heavy atom. The lowest BCUT2D eigenvalue weighted by Crippen LogP contribution is -2.01. The standard InChI is InChI=1S/C8H17Br/c1-4-5-8(9)6-7(2)3/h7-8H,4-6H2,1-3H3. The topological polar surface area (TPSA) is 0 Å². The maximum atomic E-state index is 3.64. The summed E-state index contributed by atoms with van der Waals surface area (Å²) in [7, 11) is 0. The third-order valence-corrected chi connectivity index (χ3v) is 2.16. The van der Waals surface area contributed by atoms with Gasteiger partial charge in [-0.1, -0.05) is 43.1 Å². The molecule has 0 bridgehead atoms. The summed E-state index contributed by atoms with van der Waals surface area (Å²) in [6, 6.07) is 0. The van der Waals surface area contributed by atoms with Crippen molar-refractivity contribution in [3.8, 4) is 0 Å². The summed E-state index contributed by atoms with van der Waals surface area (Å²) in [6.07, 6.45) is 3.93. The average molecular weight is 193 g/mol. The first kappa shape index (κ1) is 9.48. The molecular weight excluding hydrogens is 176 g/mol.